The molecule has 0 atom stereocenters. The number of aromatic nitrogens is 2. The molecule has 29 heavy (non-hydrogen) atoms. The maximum atomic E-state index is 14.5. The van der Waals surface area contributed by atoms with Gasteiger partial charge in [0.1, 0.15) is 23.3 Å². The molecule has 1 N–H and O–H groups in total. The van der Waals surface area contributed by atoms with Crippen LogP contribution in [0.4, 0.5) is 20.4 Å². The Kier molecular flexibility index (Phi) is 4.95. The standard InChI is InChI=1S/C23H14F2N4/c24-16-11-12-18(20(25)13-16)22-19(14-26)21(15-7-3-1-4-8-15)28-23(29-22)27-17-9-5-2-6-10-17/h1-13H,(H,27,28,29). The van der Waals surface area contributed by atoms with Gasteiger partial charge in [-0.25, -0.2) is 18.7 Å². The highest BCUT2D eigenvalue weighted by Crippen LogP contribution is 2.32. The first-order valence-electron chi connectivity index (χ1n) is 8.81. The van der Waals surface area contributed by atoms with Crippen molar-refractivity contribution in [3.8, 4) is 28.6 Å². The van der Waals surface area contributed by atoms with Crippen molar-refractivity contribution in [1.82, 2.24) is 9.97 Å². The molecule has 4 aromatic rings. The van der Waals surface area contributed by atoms with Gasteiger partial charge >= 0.3 is 0 Å². The van der Waals surface area contributed by atoms with Crippen molar-refractivity contribution in [2.24, 2.45) is 0 Å². The molecule has 0 aliphatic carbocycles. The molecule has 1 heterocycles. The largest absolute Gasteiger partial charge is 0.324 e. The summed E-state index contributed by atoms with van der Waals surface area (Å²) >= 11 is 0. The van der Waals surface area contributed by atoms with Crippen LogP contribution in [-0.4, -0.2) is 9.97 Å². The Morgan fingerprint density at radius 3 is 2.10 bits per heavy atom. The number of nitrogens with one attached hydrogen (secondary N) is 1. The van der Waals surface area contributed by atoms with Gasteiger partial charge in [0.25, 0.3) is 0 Å². The molecule has 0 spiro atoms. The number of para-hydroxylation sites is 1. The molecule has 0 amide bonds. The molecule has 4 rings (SSSR count). The van der Waals surface area contributed by atoms with Crippen LogP contribution in [0.5, 0.6) is 0 Å². The highest BCUT2D eigenvalue weighted by Gasteiger charge is 2.20. The zero-order chi connectivity index (χ0) is 20.2. The zero-order valence-electron chi connectivity index (χ0n) is 15.1. The van der Waals surface area contributed by atoms with E-state index in [9.17, 15) is 14.0 Å². The van der Waals surface area contributed by atoms with Crippen LogP contribution in [-0.2, 0) is 0 Å². The van der Waals surface area contributed by atoms with Gasteiger partial charge in [0.15, 0.2) is 0 Å². The van der Waals surface area contributed by atoms with Crippen LogP contribution in [0, 0.1) is 23.0 Å². The molecule has 1 aromatic heterocycles. The minimum absolute atomic E-state index is 0.0265. The number of benzene rings is 3. The molecule has 0 unspecified atom stereocenters. The second kappa shape index (κ2) is 7.87. The first-order valence-corrected chi connectivity index (χ1v) is 8.81. The lowest BCUT2D eigenvalue weighted by atomic mass is 10.0. The summed E-state index contributed by atoms with van der Waals surface area (Å²) in [7, 11) is 0. The number of rotatable bonds is 4. The van der Waals surface area contributed by atoms with Gasteiger partial charge < -0.3 is 5.32 Å². The molecular weight excluding hydrogens is 370 g/mol. The lowest BCUT2D eigenvalue weighted by Gasteiger charge is -2.13. The van der Waals surface area contributed by atoms with Gasteiger partial charge in [-0.1, -0.05) is 48.5 Å². The molecule has 0 radical (unpaired) electrons. The summed E-state index contributed by atoms with van der Waals surface area (Å²) in [4.78, 5) is 8.88. The zero-order valence-corrected chi connectivity index (χ0v) is 15.1. The molecule has 0 aliphatic heterocycles. The monoisotopic (exact) mass is 384 g/mol. The van der Waals surface area contributed by atoms with E-state index in [2.05, 4.69) is 21.4 Å². The van der Waals surface area contributed by atoms with Crippen LogP contribution in [0.15, 0.2) is 78.9 Å². The smallest absolute Gasteiger partial charge is 0.228 e. The van der Waals surface area contributed by atoms with E-state index in [1.807, 2.05) is 48.5 Å². The van der Waals surface area contributed by atoms with Crippen molar-refractivity contribution in [3.05, 3.63) is 96.1 Å². The van der Waals surface area contributed by atoms with Crippen molar-refractivity contribution >= 4 is 11.6 Å². The molecule has 6 heteroatoms. The van der Waals surface area contributed by atoms with Crippen molar-refractivity contribution in [2.75, 3.05) is 5.32 Å². The average Bonchev–Trinajstić information content (AvgIpc) is 2.74. The quantitative estimate of drug-likeness (QED) is 0.490. The molecule has 0 bridgehead atoms. The molecule has 4 nitrogen and oxygen atoms in total. The van der Waals surface area contributed by atoms with Crippen molar-refractivity contribution in [3.63, 3.8) is 0 Å². The first kappa shape index (κ1) is 18.3. The van der Waals surface area contributed by atoms with E-state index in [0.717, 1.165) is 17.8 Å². The van der Waals surface area contributed by atoms with Crippen molar-refractivity contribution in [1.29, 1.82) is 5.26 Å². The van der Waals surface area contributed by atoms with E-state index in [1.165, 1.54) is 6.07 Å². The topological polar surface area (TPSA) is 61.6 Å². The van der Waals surface area contributed by atoms with E-state index in [-0.39, 0.29) is 22.8 Å². The molecule has 0 saturated heterocycles. The highest BCUT2D eigenvalue weighted by molar-refractivity contribution is 5.79. The Bertz CT molecular complexity index is 1200. The van der Waals surface area contributed by atoms with Gasteiger partial charge in [-0.05, 0) is 24.3 Å². The van der Waals surface area contributed by atoms with Crippen molar-refractivity contribution < 1.29 is 8.78 Å². The second-order valence-corrected chi connectivity index (χ2v) is 6.21. The molecule has 140 valence electrons. The summed E-state index contributed by atoms with van der Waals surface area (Å²) in [6, 6.07) is 23.6. The molecule has 0 saturated carbocycles. The molecule has 0 fully saturated rings. The first-order chi connectivity index (χ1) is 14.2. The Hall–Kier alpha value is -4.11. The van der Waals surface area contributed by atoms with Gasteiger partial charge in [0.05, 0.1) is 11.4 Å². The highest BCUT2D eigenvalue weighted by atomic mass is 19.1. The number of halogens is 2. The fraction of sp³-hybridized carbons (Fsp3) is 0. The summed E-state index contributed by atoms with van der Waals surface area (Å²) in [5.74, 6) is -1.30. The van der Waals surface area contributed by atoms with Gasteiger partial charge in [-0.2, -0.15) is 5.26 Å². The summed E-state index contributed by atoms with van der Waals surface area (Å²) in [5.41, 5.74) is 2.02. The Labute approximate surface area is 166 Å². The third-order valence-electron chi connectivity index (χ3n) is 4.28. The SMILES string of the molecule is N#Cc1c(-c2ccccc2)nc(Nc2ccccc2)nc1-c1ccc(F)cc1F. The van der Waals surface area contributed by atoms with Crippen LogP contribution >= 0.6 is 0 Å². The normalized spacial score (nSPS) is 10.4. The third-order valence-corrected chi connectivity index (χ3v) is 4.28. The lowest BCUT2D eigenvalue weighted by molar-refractivity contribution is 0.585. The Balaban J connectivity index is 1.95. The number of nitrogens with zero attached hydrogens (tertiary/aromatic N) is 3. The Morgan fingerprint density at radius 1 is 0.793 bits per heavy atom. The predicted molar refractivity (Wildman–Crippen MR) is 107 cm³/mol. The molecular formula is C23H14F2N4. The fourth-order valence-electron chi connectivity index (χ4n) is 2.95. The molecule has 3 aromatic carbocycles. The van der Waals surface area contributed by atoms with Gasteiger partial charge in [0.2, 0.25) is 5.95 Å². The van der Waals surface area contributed by atoms with Crippen LogP contribution in [0.1, 0.15) is 5.56 Å². The van der Waals surface area contributed by atoms with E-state index in [0.29, 0.717) is 11.3 Å². The summed E-state index contributed by atoms with van der Waals surface area (Å²) < 4.78 is 27.9. The number of nitriles is 1. The summed E-state index contributed by atoms with van der Waals surface area (Å²) in [6.45, 7) is 0. The predicted octanol–water partition coefficient (Wildman–Crippen LogP) is 5.70. The lowest BCUT2D eigenvalue weighted by Crippen LogP contribution is -2.04. The minimum Gasteiger partial charge on any atom is -0.324 e. The number of hydrogen-bond donors (Lipinski definition) is 1. The van der Waals surface area contributed by atoms with Gasteiger partial charge in [-0.15, -0.1) is 0 Å². The third kappa shape index (κ3) is 3.80. The van der Waals surface area contributed by atoms with Crippen LogP contribution < -0.4 is 5.32 Å². The van der Waals surface area contributed by atoms with Crippen LogP contribution in [0.3, 0.4) is 0 Å². The maximum Gasteiger partial charge on any atom is 0.228 e. The number of hydrogen-bond acceptors (Lipinski definition) is 4. The number of anilines is 2. The summed E-state index contributed by atoms with van der Waals surface area (Å²) in [5, 5.41) is 12.9. The van der Waals surface area contributed by atoms with E-state index < -0.39 is 11.6 Å². The van der Waals surface area contributed by atoms with Gasteiger partial charge in [-0.3, -0.25) is 0 Å². The van der Waals surface area contributed by atoms with Gasteiger partial charge in [0, 0.05) is 22.9 Å². The van der Waals surface area contributed by atoms with Crippen molar-refractivity contribution in [2.45, 2.75) is 0 Å². The summed E-state index contributed by atoms with van der Waals surface area (Å²) in [6.07, 6.45) is 0. The molecule has 0 aliphatic rings. The van der Waals surface area contributed by atoms with Crippen LogP contribution in [0.25, 0.3) is 22.5 Å². The van der Waals surface area contributed by atoms with E-state index in [1.54, 1.807) is 12.1 Å². The Morgan fingerprint density at radius 2 is 1.45 bits per heavy atom. The fourth-order valence-corrected chi connectivity index (χ4v) is 2.95. The second-order valence-electron chi connectivity index (χ2n) is 6.21. The minimum atomic E-state index is -0.801. The maximum absolute atomic E-state index is 14.5. The van der Waals surface area contributed by atoms with E-state index >= 15 is 0 Å². The van der Waals surface area contributed by atoms with Crippen LogP contribution in [0.2, 0.25) is 0 Å². The average molecular weight is 384 g/mol. The van der Waals surface area contributed by atoms with E-state index in [4.69, 9.17) is 0 Å².